The van der Waals surface area contributed by atoms with E-state index in [-0.39, 0.29) is 23.4 Å². The molecule has 2 N–H and O–H groups in total. The Balaban J connectivity index is 1.78. The summed E-state index contributed by atoms with van der Waals surface area (Å²) < 4.78 is 57.2. The fourth-order valence-corrected chi connectivity index (χ4v) is 2.84. The summed E-state index contributed by atoms with van der Waals surface area (Å²) >= 11 is 0. The van der Waals surface area contributed by atoms with E-state index in [9.17, 15) is 27.2 Å². The minimum absolute atomic E-state index is 0.197. The van der Waals surface area contributed by atoms with Crippen LogP contribution >= 0.6 is 0 Å². The maximum atomic E-state index is 13.2. The number of rotatable bonds is 5. The highest BCUT2D eigenvalue weighted by atomic mass is 19.4. The molecule has 0 atom stereocenters. The highest BCUT2D eigenvalue weighted by molar-refractivity contribution is 6.00. The lowest BCUT2D eigenvalue weighted by atomic mass is 10.1. The van der Waals surface area contributed by atoms with E-state index in [0.29, 0.717) is 17.0 Å². The summed E-state index contributed by atoms with van der Waals surface area (Å²) in [5.41, 5.74) is -0.372. The fourth-order valence-electron chi connectivity index (χ4n) is 2.84. The number of H-pyrrole nitrogens is 1. The molecule has 0 aliphatic carbocycles. The van der Waals surface area contributed by atoms with E-state index in [1.165, 1.54) is 18.2 Å². The van der Waals surface area contributed by atoms with Crippen LogP contribution in [0, 0.1) is 5.82 Å². The average molecular weight is 408 g/mol. The van der Waals surface area contributed by atoms with Crippen LogP contribution in [0.1, 0.15) is 38.9 Å². The molecular weight excluding hydrogens is 392 g/mol. The number of hydrogen-bond donors (Lipinski definition) is 2. The summed E-state index contributed by atoms with van der Waals surface area (Å²) in [4.78, 5) is 27.0. The van der Waals surface area contributed by atoms with Gasteiger partial charge in [0.05, 0.1) is 12.2 Å². The molecule has 0 aliphatic rings. The van der Waals surface area contributed by atoms with Crippen molar-refractivity contribution in [3.8, 4) is 0 Å². The Morgan fingerprint density at radius 2 is 1.86 bits per heavy atom. The third kappa shape index (κ3) is 4.56. The Hall–Kier alpha value is -3.36. The number of hydrogen-bond acceptors (Lipinski definition) is 3. The smallest absolute Gasteiger partial charge is 0.416 e. The summed E-state index contributed by atoms with van der Waals surface area (Å²) in [7, 11) is 0. The zero-order valence-corrected chi connectivity index (χ0v) is 15.2. The lowest BCUT2D eigenvalue weighted by Gasteiger charge is -2.13. The van der Waals surface area contributed by atoms with E-state index in [1.807, 2.05) is 0 Å². The van der Waals surface area contributed by atoms with Gasteiger partial charge in [0.2, 0.25) is 0 Å². The van der Waals surface area contributed by atoms with Crippen molar-refractivity contribution in [1.82, 2.24) is 10.3 Å². The Morgan fingerprint density at radius 1 is 1.10 bits per heavy atom. The van der Waals surface area contributed by atoms with Gasteiger partial charge in [-0.3, -0.25) is 4.79 Å². The first-order chi connectivity index (χ1) is 13.7. The monoisotopic (exact) mass is 408 g/mol. The third-order valence-electron chi connectivity index (χ3n) is 4.19. The van der Waals surface area contributed by atoms with Crippen LogP contribution in [0.15, 0.2) is 42.5 Å². The Morgan fingerprint density at radius 3 is 2.55 bits per heavy atom. The Bertz CT molecular complexity index is 1070. The van der Waals surface area contributed by atoms with Crippen molar-refractivity contribution < 1.29 is 31.9 Å². The van der Waals surface area contributed by atoms with Crippen molar-refractivity contribution in [3.63, 3.8) is 0 Å². The Kier molecular flexibility index (Phi) is 5.58. The summed E-state index contributed by atoms with van der Waals surface area (Å²) in [5.74, 6) is -2.16. The number of aromatic nitrogens is 1. The first-order valence-electron chi connectivity index (χ1n) is 8.62. The van der Waals surface area contributed by atoms with Gasteiger partial charge in [-0.05, 0) is 48.9 Å². The predicted molar refractivity (Wildman–Crippen MR) is 96.8 cm³/mol. The van der Waals surface area contributed by atoms with Crippen LogP contribution in [0.25, 0.3) is 10.9 Å². The molecule has 0 fully saturated rings. The summed E-state index contributed by atoms with van der Waals surface area (Å²) in [5, 5.41) is 2.97. The summed E-state index contributed by atoms with van der Waals surface area (Å²) in [6, 6.07) is 8.35. The van der Waals surface area contributed by atoms with Crippen LogP contribution in [0.3, 0.4) is 0 Å². The number of carbonyl (C=O) groups excluding carboxylic acids is 2. The lowest BCUT2D eigenvalue weighted by Crippen LogP contribution is -2.24. The Labute approximate surface area is 162 Å². The summed E-state index contributed by atoms with van der Waals surface area (Å²) in [6.45, 7) is 1.46. The van der Waals surface area contributed by atoms with Gasteiger partial charge in [0.1, 0.15) is 11.5 Å². The third-order valence-corrected chi connectivity index (χ3v) is 4.19. The second-order valence-corrected chi connectivity index (χ2v) is 6.19. The number of ether oxygens (including phenoxy) is 1. The van der Waals surface area contributed by atoms with E-state index in [2.05, 4.69) is 10.3 Å². The highest BCUT2D eigenvalue weighted by Crippen LogP contribution is 2.32. The maximum absolute atomic E-state index is 13.2. The second kappa shape index (κ2) is 7.94. The largest absolute Gasteiger partial charge is 0.461 e. The number of nitrogens with one attached hydrogen (secondary N) is 2. The molecule has 1 heterocycles. The molecule has 0 spiro atoms. The predicted octanol–water partition coefficient (Wildman–Crippen LogP) is 4.43. The van der Waals surface area contributed by atoms with Gasteiger partial charge in [-0.25, -0.2) is 9.18 Å². The van der Waals surface area contributed by atoms with Gasteiger partial charge in [-0.15, -0.1) is 0 Å². The molecule has 1 aromatic heterocycles. The van der Waals surface area contributed by atoms with Gasteiger partial charge in [0.25, 0.3) is 5.91 Å². The van der Waals surface area contributed by atoms with Crippen LogP contribution in [0.4, 0.5) is 17.6 Å². The van der Waals surface area contributed by atoms with Crippen molar-refractivity contribution in [2.75, 3.05) is 6.61 Å². The molecule has 5 nitrogen and oxygen atoms in total. The number of amides is 1. The molecule has 3 rings (SSSR count). The molecule has 152 valence electrons. The molecule has 0 aliphatic heterocycles. The van der Waals surface area contributed by atoms with E-state index in [1.54, 1.807) is 13.0 Å². The van der Waals surface area contributed by atoms with E-state index in [0.717, 1.165) is 12.1 Å². The zero-order valence-electron chi connectivity index (χ0n) is 15.2. The number of esters is 1. The second-order valence-electron chi connectivity index (χ2n) is 6.19. The van der Waals surface area contributed by atoms with Gasteiger partial charge in [-0.1, -0.05) is 6.07 Å². The van der Waals surface area contributed by atoms with Crippen LogP contribution in [-0.4, -0.2) is 23.5 Å². The molecule has 0 saturated heterocycles. The van der Waals surface area contributed by atoms with Gasteiger partial charge in [0.15, 0.2) is 0 Å². The van der Waals surface area contributed by atoms with E-state index >= 15 is 0 Å². The van der Waals surface area contributed by atoms with Crippen LogP contribution in [0.5, 0.6) is 0 Å². The summed E-state index contributed by atoms with van der Waals surface area (Å²) in [6.07, 6.45) is -4.74. The topological polar surface area (TPSA) is 71.2 Å². The average Bonchev–Trinajstić information content (AvgIpc) is 3.09. The number of carbonyl (C=O) groups is 2. The number of alkyl halides is 3. The van der Waals surface area contributed by atoms with E-state index in [4.69, 9.17) is 4.74 Å². The molecule has 9 heteroatoms. The van der Waals surface area contributed by atoms with Gasteiger partial charge in [0, 0.05) is 23.0 Å². The van der Waals surface area contributed by atoms with Crippen molar-refractivity contribution in [1.29, 1.82) is 0 Å². The lowest BCUT2D eigenvalue weighted by molar-refractivity contribution is -0.138. The molecule has 1 amide bonds. The van der Waals surface area contributed by atoms with Gasteiger partial charge >= 0.3 is 12.1 Å². The quantitative estimate of drug-likeness (QED) is 0.485. The van der Waals surface area contributed by atoms with Crippen molar-refractivity contribution in [3.05, 3.63) is 70.7 Å². The minimum atomic E-state index is -4.74. The van der Waals surface area contributed by atoms with Gasteiger partial charge in [-0.2, -0.15) is 13.2 Å². The molecular formula is C20H16F4N2O3. The molecule has 0 unspecified atom stereocenters. The molecule has 0 radical (unpaired) electrons. The maximum Gasteiger partial charge on any atom is 0.416 e. The molecule has 2 aromatic carbocycles. The highest BCUT2D eigenvalue weighted by Gasteiger charge is 2.33. The van der Waals surface area contributed by atoms with Crippen LogP contribution in [-0.2, 0) is 17.5 Å². The van der Waals surface area contributed by atoms with Crippen molar-refractivity contribution in [2.24, 2.45) is 0 Å². The normalized spacial score (nSPS) is 11.5. The molecule has 29 heavy (non-hydrogen) atoms. The number of aromatic amines is 1. The fraction of sp³-hybridized carbons (Fsp3) is 0.200. The molecule has 3 aromatic rings. The molecule has 0 bridgehead atoms. The van der Waals surface area contributed by atoms with Crippen LogP contribution in [0.2, 0.25) is 0 Å². The number of benzene rings is 2. The molecule has 0 saturated carbocycles. The first-order valence-corrected chi connectivity index (χ1v) is 8.62. The first kappa shape index (κ1) is 20.4. The minimum Gasteiger partial charge on any atom is -0.461 e. The van der Waals surface area contributed by atoms with Gasteiger partial charge < -0.3 is 15.0 Å². The van der Waals surface area contributed by atoms with Crippen LogP contribution < -0.4 is 5.32 Å². The SMILES string of the molecule is CCOC(=O)c1cc2cc(C(=O)NCc3ccc(F)cc3C(F)(F)F)ccc2[nH]1. The van der Waals surface area contributed by atoms with Crippen molar-refractivity contribution >= 4 is 22.8 Å². The number of halogens is 4. The number of fused-ring (bicyclic) bond motifs is 1. The van der Waals surface area contributed by atoms with E-state index < -0.39 is 36.0 Å². The zero-order chi connectivity index (χ0) is 21.2. The van der Waals surface area contributed by atoms with Crippen molar-refractivity contribution in [2.45, 2.75) is 19.6 Å². The standard InChI is InChI=1S/C20H16F4N2O3/c1-2-29-19(28)17-8-13-7-11(4-6-16(13)26-17)18(27)25-10-12-3-5-14(21)9-15(12)20(22,23)24/h3-9,26H,2,10H2,1H3,(H,25,27).